The van der Waals surface area contributed by atoms with E-state index in [4.69, 9.17) is 16.9 Å². The Balaban J connectivity index is 1.32. The maximum absolute atomic E-state index is 9.03. The Hall–Kier alpha value is -3.14. The Morgan fingerprint density at radius 1 is 1.16 bits per heavy atom. The van der Waals surface area contributed by atoms with Gasteiger partial charge >= 0.3 is 0 Å². The number of aryl methyl sites for hydroxylation is 1. The van der Waals surface area contributed by atoms with E-state index in [1.54, 1.807) is 12.3 Å². The highest BCUT2D eigenvalue weighted by atomic mass is 35.5. The van der Waals surface area contributed by atoms with Gasteiger partial charge in [-0.05, 0) is 61.2 Å². The van der Waals surface area contributed by atoms with E-state index in [1.165, 1.54) is 5.56 Å². The van der Waals surface area contributed by atoms with Crippen LogP contribution in [0.1, 0.15) is 29.5 Å². The van der Waals surface area contributed by atoms with Gasteiger partial charge in [-0.3, -0.25) is 4.90 Å². The number of likely N-dealkylation sites (tertiary alicyclic amines) is 1. The molecule has 1 aliphatic heterocycles. The van der Waals surface area contributed by atoms with Crippen LogP contribution in [0.15, 0.2) is 54.7 Å². The maximum Gasteiger partial charge on any atom is 0.224 e. The number of aromatic nitrogens is 2. The Morgan fingerprint density at radius 3 is 2.71 bits per heavy atom. The molecule has 6 nitrogen and oxygen atoms in total. The van der Waals surface area contributed by atoms with Crippen LogP contribution in [-0.4, -0.2) is 34.0 Å². The SMILES string of the molecule is Cc1cc(C#N)ccc1Nc1ccnc(NC2CCN(Cc3ccccc3Cl)CC2)n1. The number of anilines is 3. The summed E-state index contributed by atoms with van der Waals surface area (Å²) in [5.41, 5.74) is 3.75. The minimum Gasteiger partial charge on any atom is -0.351 e. The summed E-state index contributed by atoms with van der Waals surface area (Å²) in [6, 6.07) is 17.9. The fraction of sp³-hybridized carbons (Fsp3) is 0.292. The molecule has 1 saturated heterocycles. The van der Waals surface area contributed by atoms with Crippen LogP contribution >= 0.6 is 11.6 Å². The summed E-state index contributed by atoms with van der Waals surface area (Å²) in [6.45, 7) is 4.86. The molecular weight excluding hydrogens is 408 g/mol. The summed E-state index contributed by atoms with van der Waals surface area (Å²) in [5, 5.41) is 16.7. The van der Waals surface area contributed by atoms with Crippen molar-refractivity contribution in [2.45, 2.75) is 32.4 Å². The predicted molar refractivity (Wildman–Crippen MR) is 125 cm³/mol. The van der Waals surface area contributed by atoms with Crippen molar-refractivity contribution in [1.29, 1.82) is 5.26 Å². The van der Waals surface area contributed by atoms with Crippen LogP contribution in [0.2, 0.25) is 5.02 Å². The van der Waals surface area contributed by atoms with Gasteiger partial charge in [-0.1, -0.05) is 29.8 Å². The van der Waals surface area contributed by atoms with Crippen LogP contribution in [-0.2, 0) is 6.54 Å². The van der Waals surface area contributed by atoms with Crippen molar-refractivity contribution in [2.75, 3.05) is 23.7 Å². The molecule has 0 amide bonds. The molecular formula is C24H25ClN6. The molecule has 1 aliphatic rings. The summed E-state index contributed by atoms with van der Waals surface area (Å²) < 4.78 is 0. The lowest BCUT2D eigenvalue weighted by Gasteiger charge is -2.32. The fourth-order valence-electron chi connectivity index (χ4n) is 3.79. The van der Waals surface area contributed by atoms with E-state index in [-0.39, 0.29) is 0 Å². The molecule has 3 aromatic rings. The molecule has 1 fully saturated rings. The second kappa shape index (κ2) is 9.78. The first-order chi connectivity index (χ1) is 15.1. The van der Waals surface area contributed by atoms with E-state index < -0.39 is 0 Å². The van der Waals surface area contributed by atoms with E-state index in [0.29, 0.717) is 17.6 Å². The number of hydrogen-bond donors (Lipinski definition) is 2. The molecule has 0 radical (unpaired) electrons. The van der Waals surface area contributed by atoms with Gasteiger partial charge in [0.1, 0.15) is 5.82 Å². The highest BCUT2D eigenvalue weighted by molar-refractivity contribution is 6.31. The monoisotopic (exact) mass is 432 g/mol. The normalized spacial score (nSPS) is 14.7. The van der Waals surface area contributed by atoms with Gasteiger partial charge in [0.2, 0.25) is 5.95 Å². The number of benzene rings is 2. The maximum atomic E-state index is 9.03. The van der Waals surface area contributed by atoms with Crippen molar-refractivity contribution in [3.05, 3.63) is 76.4 Å². The van der Waals surface area contributed by atoms with Crippen molar-refractivity contribution < 1.29 is 0 Å². The number of piperidine rings is 1. The second-order valence-corrected chi connectivity index (χ2v) is 8.23. The third-order valence-corrected chi connectivity index (χ3v) is 5.92. The van der Waals surface area contributed by atoms with Crippen molar-refractivity contribution in [1.82, 2.24) is 14.9 Å². The number of hydrogen-bond acceptors (Lipinski definition) is 6. The lowest BCUT2D eigenvalue weighted by molar-refractivity contribution is 0.211. The molecule has 0 atom stereocenters. The summed E-state index contributed by atoms with van der Waals surface area (Å²) in [5.74, 6) is 1.35. The summed E-state index contributed by atoms with van der Waals surface area (Å²) in [4.78, 5) is 11.4. The average molecular weight is 433 g/mol. The molecule has 2 aromatic carbocycles. The number of nitrogens with one attached hydrogen (secondary N) is 2. The van der Waals surface area contributed by atoms with Crippen LogP contribution in [0, 0.1) is 18.3 Å². The molecule has 7 heteroatoms. The second-order valence-electron chi connectivity index (χ2n) is 7.82. The van der Waals surface area contributed by atoms with E-state index in [0.717, 1.165) is 54.6 Å². The van der Waals surface area contributed by atoms with Crippen molar-refractivity contribution in [3.63, 3.8) is 0 Å². The topological polar surface area (TPSA) is 76.9 Å². The van der Waals surface area contributed by atoms with Crippen LogP contribution in [0.3, 0.4) is 0 Å². The van der Waals surface area contributed by atoms with E-state index in [1.807, 2.05) is 43.3 Å². The molecule has 0 aliphatic carbocycles. The van der Waals surface area contributed by atoms with Gasteiger partial charge in [-0.2, -0.15) is 10.2 Å². The number of nitrogens with zero attached hydrogens (tertiary/aromatic N) is 4. The predicted octanol–water partition coefficient (Wildman–Crippen LogP) is 5.13. The quantitative estimate of drug-likeness (QED) is 0.562. The highest BCUT2D eigenvalue weighted by Gasteiger charge is 2.20. The van der Waals surface area contributed by atoms with E-state index in [9.17, 15) is 0 Å². The average Bonchev–Trinajstić information content (AvgIpc) is 2.78. The van der Waals surface area contributed by atoms with Gasteiger partial charge in [0, 0.05) is 42.6 Å². The number of rotatable bonds is 6. The first kappa shape index (κ1) is 21.1. The Bertz CT molecular complexity index is 1090. The van der Waals surface area contributed by atoms with Crippen molar-refractivity contribution in [2.24, 2.45) is 0 Å². The van der Waals surface area contributed by atoms with Gasteiger partial charge < -0.3 is 10.6 Å². The summed E-state index contributed by atoms with van der Waals surface area (Å²) in [7, 11) is 0. The molecule has 2 heterocycles. The molecule has 2 N–H and O–H groups in total. The van der Waals surface area contributed by atoms with Crippen LogP contribution < -0.4 is 10.6 Å². The fourth-order valence-corrected chi connectivity index (χ4v) is 3.99. The molecule has 158 valence electrons. The minimum absolute atomic E-state index is 0.342. The number of nitriles is 1. The third kappa shape index (κ3) is 5.52. The van der Waals surface area contributed by atoms with E-state index in [2.05, 4.69) is 37.6 Å². The zero-order valence-corrected chi connectivity index (χ0v) is 18.2. The van der Waals surface area contributed by atoms with Crippen LogP contribution in [0.4, 0.5) is 17.5 Å². The molecule has 0 bridgehead atoms. The van der Waals surface area contributed by atoms with Gasteiger partial charge in [0.05, 0.1) is 11.6 Å². The summed E-state index contributed by atoms with van der Waals surface area (Å²) >= 11 is 6.30. The lowest BCUT2D eigenvalue weighted by Crippen LogP contribution is -2.39. The third-order valence-electron chi connectivity index (χ3n) is 5.55. The molecule has 4 rings (SSSR count). The smallest absolute Gasteiger partial charge is 0.224 e. The largest absolute Gasteiger partial charge is 0.351 e. The van der Waals surface area contributed by atoms with Crippen molar-refractivity contribution in [3.8, 4) is 6.07 Å². The van der Waals surface area contributed by atoms with Gasteiger partial charge in [0.25, 0.3) is 0 Å². The number of halogens is 1. The van der Waals surface area contributed by atoms with E-state index >= 15 is 0 Å². The molecule has 0 spiro atoms. The molecule has 1 aromatic heterocycles. The van der Waals surface area contributed by atoms with Gasteiger partial charge in [0.15, 0.2) is 0 Å². The Labute approximate surface area is 187 Å². The van der Waals surface area contributed by atoms with Gasteiger partial charge in [-0.25, -0.2) is 4.98 Å². The molecule has 0 saturated carbocycles. The molecule has 31 heavy (non-hydrogen) atoms. The lowest BCUT2D eigenvalue weighted by atomic mass is 10.0. The highest BCUT2D eigenvalue weighted by Crippen LogP contribution is 2.23. The Kier molecular flexibility index (Phi) is 6.66. The zero-order chi connectivity index (χ0) is 21.6. The first-order valence-electron chi connectivity index (χ1n) is 10.4. The van der Waals surface area contributed by atoms with Crippen LogP contribution in [0.5, 0.6) is 0 Å². The Morgan fingerprint density at radius 2 is 1.97 bits per heavy atom. The first-order valence-corrected chi connectivity index (χ1v) is 10.8. The molecule has 0 unspecified atom stereocenters. The minimum atomic E-state index is 0.342. The van der Waals surface area contributed by atoms with Crippen LogP contribution in [0.25, 0.3) is 0 Å². The summed E-state index contributed by atoms with van der Waals surface area (Å²) in [6.07, 6.45) is 3.81. The zero-order valence-electron chi connectivity index (χ0n) is 17.5. The van der Waals surface area contributed by atoms with Gasteiger partial charge in [-0.15, -0.1) is 0 Å². The standard InChI is InChI=1S/C24H25ClN6/c1-17-14-18(15-26)6-7-22(17)29-23-8-11-27-24(30-23)28-20-9-12-31(13-10-20)16-19-4-2-3-5-21(19)25/h2-8,11,14,20H,9-10,12-13,16H2,1H3,(H2,27,28,29,30). The van der Waals surface area contributed by atoms with Crippen molar-refractivity contribution >= 4 is 29.1 Å².